The molecule has 25 heavy (non-hydrogen) atoms. The summed E-state index contributed by atoms with van der Waals surface area (Å²) in [5.74, 6) is -0.408. The van der Waals surface area contributed by atoms with E-state index >= 15 is 0 Å². The summed E-state index contributed by atoms with van der Waals surface area (Å²) in [4.78, 5) is 14.3. The molecule has 0 saturated heterocycles. The topological polar surface area (TPSA) is 45.5 Å². The van der Waals surface area contributed by atoms with Crippen LogP contribution in [-0.4, -0.2) is 31.4 Å². The second kappa shape index (κ2) is 7.25. The number of rotatable bonds is 5. The first-order valence-electron chi connectivity index (χ1n) is 7.83. The first-order chi connectivity index (χ1) is 11.9. The Hall–Kier alpha value is -2.37. The molecule has 1 amide bonds. The molecule has 0 aliphatic carbocycles. The number of carbonyl (C=O) groups is 1. The van der Waals surface area contributed by atoms with Crippen LogP contribution in [0.2, 0.25) is 5.02 Å². The lowest BCUT2D eigenvalue weighted by Gasteiger charge is -2.25. The first kappa shape index (κ1) is 17.5. The molecule has 3 aromatic rings. The van der Waals surface area contributed by atoms with Crippen molar-refractivity contribution in [2.75, 3.05) is 20.6 Å². The lowest BCUT2D eigenvalue weighted by atomic mass is 10.1. The van der Waals surface area contributed by atoms with Gasteiger partial charge in [-0.2, -0.15) is 0 Å². The van der Waals surface area contributed by atoms with Crippen LogP contribution in [0.15, 0.2) is 52.9 Å². The number of amides is 1. The summed E-state index contributed by atoms with van der Waals surface area (Å²) in [7, 11) is 3.76. The van der Waals surface area contributed by atoms with Gasteiger partial charge in [0.05, 0.1) is 6.04 Å². The monoisotopic (exact) mass is 360 g/mol. The maximum absolute atomic E-state index is 13.5. The molecule has 6 heteroatoms. The number of hydrogen-bond acceptors (Lipinski definition) is 3. The summed E-state index contributed by atoms with van der Waals surface area (Å²) in [5.41, 5.74) is 1.39. The Morgan fingerprint density at radius 2 is 2.04 bits per heavy atom. The minimum atomic E-state index is -0.324. The van der Waals surface area contributed by atoms with E-state index in [9.17, 15) is 9.18 Å². The van der Waals surface area contributed by atoms with Crippen LogP contribution in [0.5, 0.6) is 0 Å². The van der Waals surface area contributed by atoms with E-state index in [1.807, 2.05) is 25.1 Å². The van der Waals surface area contributed by atoms with Crippen molar-refractivity contribution in [1.29, 1.82) is 0 Å². The van der Waals surface area contributed by atoms with Gasteiger partial charge in [0.25, 0.3) is 5.91 Å². The molecule has 1 unspecified atom stereocenters. The number of hydrogen-bond donors (Lipinski definition) is 1. The highest BCUT2D eigenvalue weighted by Crippen LogP contribution is 2.23. The Labute approximate surface area is 150 Å². The molecule has 0 aliphatic rings. The number of nitrogens with zero attached hydrogens (tertiary/aromatic N) is 1. The second-order valence-electron chi connectivity index (χ2n) is 6.04. The molecule has 130 valence electrons. The molecule has 0 spiro atoms. The molecule has 0 saturated carbocycles. The third-order valence-electron chi connectivity index (χ3n) is 4.01. The van der Waals surface area contributed by atoms with Gasteiger partial charge in [0.2, 0.25) is 0 Å². The zero-order valence-electron chi connectivity index (χ0n) is 13.9. The van der Waals surface area contributed by atoms with Crippen molar-refractivity contribution >= 4 is 28.5 Å². The van der Waals surface area contributed by atoms with E-state index in [0.29, 0.717) is 17.2 Å². The van der Waals surface area contributed by atoms with Crippen LogP contribution in [0, 0.1) is 5.82 Å². The summed E-state index contributed by atoms with van der Waals surface area (Å²) >= 11 is 5.95. The van der Waals surface area contributed by atoms with Crippen LogP contribution in [0.3, 0.4) is 0 Å². The fourth-order valence-electron chi connectivity index (χ4n) is 2.72. The summed E-state index contributed by atoms with van der Waals surface area (Å²) in [6.45, 7) is 0.326. The fraction of sp³-hybridized carbons (Fsp3) is 0.211. The van der Waals surface area contributed by atoms with Crippen LogP contribution in [0.1, 0.15) is 22.2 Å². The lowest BCUT2D eigenvalue weighted by Crippen LogP contribution is -2.34. The van der Waals surface area contributed by atoms with Gasteiger partial charge in [-0.3, -0.25) is 4.79 Å². The van der Waals surface area contributed by atoms with Gasteiger partial charge in [-0.25, -0.2) is 4.39 Å². The van der Waals surface area contributed by atoms with E-state index < -0.39 is 0 Å². The minimum Gasteiger partial charge on any atom is -0.451 e. The van der Waals surface area contributed by atoms with Gasteiger partial charge in [-0.15, -0.1) is 0 Å². The van der Waals surface area contributed by atoms with Gasteiger partial charge >= 0.3 is 0 Å². The van der Waals surface area contributed by atoms with Gasteiger partial charge in [0.1, 0.15) is 11.4 Å². The number of fused-ring (bicyclic) bond motifs is 1. The Balaban J connectivity index is 1.74. The van der Waals surface area contributed by atoms with E-state index in [-0.39, 0.29) is 23.5 Å². The third kappa shape index (κ3) is 4.00. The Kier molecular flexibility index (Phi) is 5.06. The molecule has 0 fully saturated rings. The molecule has 2 aromatic carbocycles. The average molecular weight is 361 g/mol. The SMILES string of the molecule is CN(C)C(CNC(=O)c1cc2cc(Cl)ccc2o1)c1cccc(F)c1. The lowest BCUT2D eigenvalue weighted by molar-refractivity contribution is 0.0916. The highest BCUT2D eigenvalue weighted by Gasteiger charge is 2.18. The van der Waals surface area contributed by atoms with E-state index in [1.165, 1.54) is 12.1 Å². The van der Waals surface area contributed by atoms with Crippen LogP contribution in [0.4, 0.5) is 4.39 Å². The molecular formula is C19H18ClFN2O2. The van der Waals surface area contributed by atoms with Crippen molar-refractivity contribution in [3.05, 3.63) is 70.7 Å². The number of carbonyl (C=O) groups excluding carboxylic acids is 1. The van der Waals surface area contributed by atoms with Gasteiger partial charge in [0.15, 0.2) is 5.76 Å². The summed E-state index contributed by atoms with van der Waals surface area (Å²) in [6, 6.07) is 13.0. The summed E-state index contributed by atoms with van der Waals surface area (Å²) < 4.78 is 19.0. The zero-order valence-corrected chi connectivity index (χ0v) is 14.7. The van der Waals surface area contributed by atoms with Crippen LogP contribution >= 0.6 is 11.6 Å². The summed E-state index contributed by atoms with van der Waals surface area (Å²) in [6.07, 6.45) is 0. The van der Waals surface area contributed by atoms with Crippen molar-refractivity contribution in [2.24, 2.45) is 0 Å². The van der Waals surface area contributed by atoms with Crippen molar-refractivity contribution in [3.8, 4) is 0 Å². The smallest absolute Gasteiger partial charge is 0.287 e. The fourth-order valence-corrected chi connectivity index (χ4v) is 2.90. The van der Waals surface area contributed by atoms with Crippen molar-refractivity contribution < 1.29 is 13.6 Å². The number of nitrogens with one attached hydrogen (secondary N) is 1. The van der Waals surface area contributed by atoms with Crippen molar-refractivity contribution in [2.45, 2.75) is 6.04 Å². The number of furan rings is 1. The predicted octanol–water partition coefficient (Wildman–Crippen LogP) is 4.26. The number of halogens is 2. The second-order valence-corrected chi connectivity index (χ2v) is 6.47. The van der Waals surface area contributed by atoms with Gasteiger partial charge in [-0.05, 0) is 56.1 Å². The van der Waals surface area contributed by atoms with Crippen molar-refractivity contribution in [1.82, 2.24) is 10.2 Å². The first-order valence-corrected chi connectivity index (χ1v) is 8.21. The Morgan fingerprint density at radius 1 is 1.24 bits per heavy atom. The highest BCUT2D eigenvalue weighted by atomic mass is 35.5. The largest absolute Gasteiger partial charge is 0.451 e. The molecular weight excluding hydrogens is 343 g/mol. The van der Waals surface area contributed by atoms with E-state index in [4.69, 9.17) is 16.0 Å². The molecule has 4 nitrogen and oxygen atoms in total. The zero-order chi connectivity index (χ0) is 18.0. The van der Waals surface area contributed by atoms with Gasteiger partial charge in [-0.1, -0.05) is 23.7 Å². The molecule has 0 bridgehead atoms. The molecule has 1 aromatic heterocycles. The third-order valence-corrected chi connectivity index (χ3v) is 4.25. The van der Waals surface area contributed by atoms with E-state index in [1.54, 1.807) is 30.3 Å². The number of likely N-dealkylation sites (N-methyl/N-ethyl adjacent to an activating group) is 1. The summed E-state index contributed by atoms with van der Waals surface area (Å²) in [5, 5.41) is 4.20. The van der Waals surface area contributed by atoms with Crippen molar-refractivity contribution in [3.63, 3.8) is 0 Å². The molecule has 1 atom stereocenters. The molecule has 1 heterocycles. The Bertz CT molecular complexity index is 907. The standard InChI is InChI=1S/C19H18ClFN2O2/c1-23(2)16(12-4-3-5-15(21)9-12)11-22-19(24)18-10-13-8-14(20)6-7-17(13)25-18/h3-10,16H,11H2,1-2H3,(H,22,24). The predicted molar refractivity (Wildman–Crippen MR) is 96.4 cm³/mol. The highest BCUT2D eigenvalue weighted by molar-refractivity contribution is 6.31. The van der Waals surface area contributed by atoms with Gasteiger partial charge in [0, 0.05) is 17.0 Å². The average Bonchev–Trinajstić information content (AvgIpc) is 2.97. The van der Waals surface area contributed by atoms with E-state index in [2.05, 4.69) is 5.32 Å². The van der Waals surface area contributed by atoms with Crippen LogP contribution in [0.25, 0.3) is 11.0 Å². The van der Waals surface area contributed by atoms with Crippen LogP contribution < -0.4 is 5.32 Å². The minimum absolute atomic E-state index is 0.154. The molecule has 3 rings (SSSR count). The molecule has 0 aliphatic heterocycles. The maximum atomic E-state index is 13.5. The maximum Gasteiger partial charge on any atom is 0.287 e. The molecule has 1 N–H and O–H groups in total. The van der Waals surface area contributed by atoms with Crippen LogP contribution in [-0.2, 0) is 0 Å². The number of benzene rings is 2. The van der Waals surface area contributed by atoms with E-state index in [0.717, 1.165) is 10.9 Å². The quantitative estimate of drug-likeness (QED) is 0.739. The van der Waals surface area contributed by atoms with Gasteiger partial charge < -0.3 is 14.6 Å². The Morgan fingerprint density at radius 3 is 2.76 bits per heavy atom. The molecule has 0 radical (unpaired) electrons. The normalized spacial score (nSPS) is 12.5.